The van der Waals surface area contributed by atoms with E-state index in [1.807, 2.05) is 0 Å². The van der Waals surface area contributed by atoms with Gasteiger partial charge in [0.15, 0.2) is 22.4 Å². The first-order valence-electron chi connectivity index (χ1n) is 11.6. The summed E-state index contributed by atoms with van der Waals surface area (Å²) in [5.41, 5.74) is 7.41. The van der Waals surface area contributed by atoms with Crippen LogP contribution in [0.4, 0.5) is 0 Å². The van der Waals surface area contributed by atoms with Crippen molar-refractivity contribution in [3.05, 3.63) is 43.0 Å². The summed E-state index contributed by atoms with van der Waals surface area (Å²) < 4.78 is 20.9. The van der Waals surface area contributed by atoms with Crippen molar-refractivity contribution in [2.24, 2.45) is 5.11 Å². The van der Waals surface area contributed by atoms with Crippen LogP contribution in [0.5, 0.6) is 0 Å². The molecule has 1 N–H and O–H groups in total. The van der Waals surface area contributed by atoms with Crippen LogP contribution in [0, 0.1) is 6.92 Å². The number of rotatable bonds is 7. The minimum absolute atomic E-state index is 0.0143. The van der Waals surface area contributed by atoms with Crippen LogP contribution in [0.2, 0.25) is 36.3 Å². The average molecular weight is 512 g/mol. The molecular formula is C22H41N5O5Si2. The molecule has 0 amide bonds. The molecule has 0 spiro atoms. The average Bonchev–Trinajstić information content (AvgIpc) is 2.99. The molecule has 0 aromatic carbocycles. The summed E-state index contributed by atoms with van der Waals surface area (Å²) in [5.74, 6) is 0. The van der Waals surface area contributed by atoms with Crippen LogP contribution in [0.3, 0.4) is 0 Å². The Bertz CT molecular complexity index is 1060. The highest BCUT2D eigenvalue weighted by Gasteiger charge is 2.55. The van der Waals surface area contributed by atoms with Gasteiger partial charge in [0.05, 0.1) is 12.7 Å². The molecule has 12 heteroatoms. The Kier molecular flexibility index (Phi) is 7.89. The lowest BCUT2D eigenvalue weighted by molar-refractivity contribution is -0.118. The van der Waals surface area contributed by atoms with Crippen LogP contribution in [0.25, 0.3) is 10.4 Å². The van der Waals surface area contributed by atoms with Crippen molar-refractivity contribution in [3.63, 3.8) is 0 Å². The lowest BCUT2D eigenvalue weighted by Gasteiger charge is -2.43. The normalized spacial score (nSPS) is 24.2. The van der Waals surface area contributed by atoms with E-state index in [9.17, 15) is 15.1 Å². The molecule has 34 heavy (non-hydrogen) atoms. The smallest absolute Gasteiger partial charge is 0.330 e. The SMILES string of the molecule is Cc1cn([C@H]2C[C@H](O[Si](C)(C)C(C)(C)C)[C@](CO[Si](C)(C)C(C)(C)C)(N=[N+]=[N-])O2)c(=O)[nH]c1=O. The highest BCUT2D eigenvalue weighted by Crippen LogP contribution is 2.46. The van der Waals surface area contributed by atoms with Crippen molar-refractivity contribution >= 4 is 16.6 Å². The molecule has 1 aromatic rings. The molecular weight excluding hydrogens is 470 g/mol. The first-order chi connectivity index (χ1) is 15.3. The monoisotopic (exact) mass is 511 g/mol. The van der Waals surface area contributed by atoms with Gasteiger partial charge in [0.25, 0.3) is 5.56 Å². The Labute approximate surface area is 203 Å². The molecule has 1 aromatic heterocycles. The largest absolute Gasteiger partial charge is 0.414 e. The number of aryl methyl sites for hydroxylation is 1. The standard InChI is InChI=1S/C22H41N5O5Si2/c1-15-13-27(19(29)24-18(15)28)17-12-16(32-34(10,11)21(5,6)7)22(31-17,25-26-23)14-30-33(8,9)20(2,3)4/h13,16-17H,12,14H2,1-11H3,(H,24,28,29)/t16-,17+,22+/m0/s1. The van der Waals surface area contributed by atoms with Crippen LogP contribution in [0.15, 0.2) is 20.9 Å². The Hall–Kier alpha value is -1.70. The van der Waals surface area contributed by atoms with E-state index in [4.69, 9.17) is 13.6 Å². The van der Waals surface area contributed by atoms with E-state index in [2.05, 4.69) is 82.7 Å². The van der Waals surface area contributed by atoms with Crippen molar-refractivity contribution in [1.29, 1.82) is 0 Å². The van der Waals surface area contributed by atoms with Gasteiger partial charge in [-0.1, -0.05) is 46.7 Å². The number of hydrogen-bond donors (Lipinski definition) is 1. The van der Waals surface area contributed by atoms with Gasteiger partial charge in [-0.05, 0) is 48.7 Å². The zero-order valence-corrected chi connectivity index (χ0v) is 24.5. The maximum atomic E-state index is 12.6. The van der Waals surface area contributed by atoms with Crippen LogP contribution >= 0.6 is 0 Å². The first-order valence-corrected chi connectivity index (χ1v) is 17.5. The number of H-pyrrole nitrogens is 1. The summed E-state index contributed by atoms with van der Waals surface area (Å²) in [6.07, 6.45) is 0.331. The topological polar surface area (TPSA) is 131 Å². The highest BCUT2D eigenvalue weighted by atomic mass is 28.4. The minimum atomic E-state index is -2.32. The zero-order valence-electron chi connectivity index (χ0n) is 22.5. The predicted molar refractivity (Wildman–Crippen MR) is 138 cm³/mol. The van der Waals surface area contributed by atoms with Crippen LogP contribution < -0.4 is 11.2 Å². The van der Waals surface area contributed by atoms with E-state index in [0.29, 0.717) is 5.56 Å². The van der Waals surface area contributed by atoms with Crippen LogP contribution in [-0.2, 0) is 13.6 Å². The number of hydrogen-bond acceptors (Lipinski definition) is 6. The van der Waals surface area contributed by atoms with Gasteiger partial charge in [0.2, 0.25) is 0 Å². The van der Waals surface area contributed by atoms with Crippen molar-refractivity contribution in [2.45, 2.75) is 109 Å². The fourth-order valence-electron chi connectivity index (χ4n) is 3.19. The van der Waals surface area contributed by atoms with Gasteiger partial charge < -0.3 is 13.6 Å². The molecule has 0 bridgehead atoms. The van der Waals surface area contributed by atoms with Crippen molar-refractivity contribution < 1.29 is 13.6 Å². The molecule has 1 saturated heterocycles. The molecule has 0 unspecified atom stereocenters. The first kappa shape index (κ1) is 28.5. The molecule has 1 fully saturated rings. The van der Waals surface area contributed by atoms with Gasteiger partial charge >= 0.3 is 5.69 Å². The third-order valence-electron chi connectivity index (χ3n) is 7.62. The Balaban J connectivity index is 2.57. The summed E-state index contributed by atoms with van der Waals surface area (Å²) in [7, 11) is -4.54. The number of nitrogens with one attached hydrogen (secondary N) is 1. The van der Waals surface area contributed by atoms with E-state index in [0.717, 1.165) is 0 Å². The van der Waals surface area contributed by atoms with Gasteiger partial charge in [-0.3, -0.25) is 14.3 Å². The highest BCUT2D eigenvalue weighted by molar-refractivity contribution is 6.74. The van der Waals surface area contributed by atoms with Crippen molar-refractivity contribution in [3.8, 4) is 0 Å². The lowest BCUT2D eigenvalue weighted by atomic mass is 10.1. The summed E-state index contributed by atoms with van der Waals surface area (Å²) in [5, 5.41) is 3.94. The molecule has 10 nitrogen and oxygen atoms in total. The molecule has 1 aliphatic heterocycles. The zero-order chi connectivity index (χ0) is 26.3. The molecule has 2 heterocycles. The van der Waals surface area contributed by atoms with Gasteiger partial charge in [-0.15, -0.1) is 0 Å². The predicted octanol–water partition coefficient (Wildman–Crippen LogP) is 5.18. The fourth-order valence-corrected chi connectivity index (χ4v) is 5.54. The Morgan fingerprint density at radius 2 is 1.74 bits per heavy atom. The third-order valence-corrected chi connectivity index (χ3v) is 16.6. The van der Waals surface area contributed by atoms with Gasteiger partial charge in [0.1, 0.15) is 6.23 Å². The van der Waals surface area contributed by atoms with Crippen molar-refractivity contribution in [1.82, 2.24) is 9.55 Å². The number of aromatic nitrogens is 2. The van der Waals surface area contributed by atoms with E-state index in [-0.39, 0.29) is 23.1 Å². The molecule has 0 aliphatic carbocycles. The third kappa shape index (κ3) is 5.74. The lowest BCUT2D eigenvalue weighted by Crippen LogP contribution is -2.53. The fraction of sp³-hybridized carbons (Fsp3) is 0.818. The summed E-state index contributed by atoms with van der Waals surface area (Å²) in [6.45, 7) is 22.9. The summed E-state index contributed by atoms with van der Waals surface area (Å²) >= 11 is 0. The quantitative estimate of drug-likeness (QED) is 0.233. The summed E-state index contributed by atoms with van der Waals surface area (Å²) in [6, 6.07) is 0. The Morgan fingerprint density at radius 1 is 1.18 bits per heavy atom. The Morgan fingerprint density at radius 3 is 2.24 bits per heavy atom. The van der Waals surface area contributed by atoms with Crippen LogP contribution in [-0.4, -0.2) is 44.6 Å². The molecule has 3 atom stereocenters. The van der Waals surface area contributed by atoms with Gasteiger partial charge in [-0.25, -0.2) is 4.79 Å². The van der Waals surface area contributed by atoms with Crippen LogP contribution in [0.1, 0.15) is 59.8 Å². The number of aromatic amines is 1. The second-order valence-corrected chi connectivity index (χ2v) is 21.8. The molecule has 0 saturated carbocycles. The molecule has 2 rings (SSSR count). The molecule has 1 aliphatic rings. The maximum absolute atomic E-state index is 12.6. The number of nitrogens with zero attached hydrogens (tertiary/aromatic N) is 4. The van der Waals surface area contributed by atoms with Crippen molar-refractivity contribution in [2.75, 3.05) is 6.61 Å². The second-order valence-electron chi connectivity index (χ2n) is 12.2. The van der Waals surface area contributed by atoms with E-state index < -0.39 is 45.9 Å². The van der Waals surface area contributed by atoms with Gasteiger partial charge in [-0.2, -0.15) is 0 Å². The summed E-state index contributed by atoms with van der Waals surface area (Å²) in [4.78, 5) is 29.9. The second kappa shape index (κ2) is 9.40. The molecule has 192 valence electrons. The maximum Gasteiger partial charge on any atom is 0.330 e. The minimum Gasteiger partial charge on any atom is -0.414 e. The van der Waals surface area contributed by atoms with E-state index in [1.54, 1.807) is 6.92 Å². The number of azide groups is 1. The van der Waals surface area contributed by atoms with E-state index in [1.165, 1.54) is 10.8 Å². The van der Waals surface area contributed by atoms with Gasteiger partial charge in [0, 0.05) is 23.1 Å². The number of ether oxygens (including phenoxy) is 1. The van der Waals surface area contributed by atoms with E-state index >= 15 is 0 Å². The molecule has 0 radical (unpaired) electrons.